The molecule has 1 saturated heterocycles. The summed E-state index contributed by atoms with van der Waals surface area (Å²) in [6.45, 7) is 0.234. The van der Waals surface area contributed by atoms with Crippen molar-refractivity contribution in [3.05, 3.63) is 71.8 Å². The summed E-state index contributed by atoms with van der Waals surface area (Å²) in [4.78, 5) is 40.2. The van der Waals surface area contributed by atoms with E-state index >= 15 is 0 Å². The summed E-state index contributed by atoms with van der Waals surface area (Å²) in [5.41, 5.74) is 6.93. The number of aliphatic hydroxyl groups excluding tert-OH is 1. The summed E-state index contributed by atoms with van der Waals surface area (Å²) in [5.74, 6) is -1.63. The van der Waals surface area contributed by atoms with Crippen molar-refractivity contribution in [3.63, 3.8) is 0 Å². The maximum absolute atomic E-state index is 13.4. The molecule has 2 aromatic carbocycles. The fourth-order valence-electron chi connectivity index (χ4n) is 4.78. The lowest BCUT2D eigenvalue weighted by Crippen LogP contribution is -2.57. The number of likely N-dealkylation sites (tertiary alicyclic amines) is 1. The molecule has 40 heavy (non-hydrogen) atoms. The molecule has 0 radical (unpaired) electrons. The van der Waals surface area contributed by atoms with Crippen molar-refractivity contribution in [1.29, 1.82) is 0 Å². The van der Waals surface area contributed by atoms with Gasteiger partial charge in [0.2, 0.25) is 11.8 Å². The summed E-state index contributed by atoms with van der Waals surface area (Å²) in [7, 11) is 0. The number of imide groups is 1. The summed E-state index contributed by atoms with van der Waals surface area (Å²) in [6.07, 6.45) is -7.62. The van der Waals surface area contributed by atoms with Crippen molar-refractivity contribution in [3.8, 4) is 0 Å². The SMILES string of the molecule is NCCCC(C(O)C(F)(F)F)N1CCC[C@H]1C(=O)NC(=O)[C@@H](Cc1ccccc1)NC(=O)OCc1ccccc1. The number of halogens is 3. The Bertz CT molecular complexity index is 1100. The number of carbonyl (C=O) groups excluding carboxylic acids is 3. The lowest BCUT2D eigenvalue weighted by molar-refractivity contribution is -0.223. The van der Waals surface area contributed by atoms with Crippen LogP contribution in [0.2, 0.25) is 0 Å². The van der Waals surface area contributed by atoms with Crippen molar-refractivity contribution in [2.24, 2.45) is 5.73 Å². The maximum Gasteiger partial charge on any atom is 0.415 e. The van der Waals surface area contributed by atoms with E-state index in [1.165, 1.54) is 4.90 Å². The second-order valence-electron chi connectivity index (χ2n) is 9.68. The van der Waals surface area contributed by atoms with Gasteiger partial charge in [0.05, 0.1) is 6.04 Å². The first-order valence-corrected chi connectivity index (χ1v) is 13.2. The van der Waals surface area contributed by atoms with E-state index in [-0.39, 0.29) is 45.4 Å². The molecular formula is C28H35F3N4O5. The molecule has 5 N–H and O–H groups in total. The van der Waals surface area contributed by atoms with Crippen molar-refractivity contribution in [2.75, 3.05) is 13.1 Å². The standard InChI is InChI=1S/C28H35F3N4O5/c29-28(30,31)24(36)22(13-7-15-32)35-16-8-14-23(35)26(38)34-25(37)21(17-19-9-3-1-4-10-19)33-27(39)40-18-20-11-5-2-6-12-20/h1-6,9-12,21-24,36H,7-8,13-18,32H2,(H,33,39)(H,34,37,38)/t21-,22?,23+,24?/m1/s1. The smallest absolute Gasteiger partial charge is 0.415 e. The van der Waals surface area contributed by atoms with E-state index in [0.29, 0.717) is 12.0 Å². The molecule has 218 valence electrons. The molecule has 3 rings (SSSR count). The van der Waals surface area contributed by atoms with E-state index in [1.54, 1.807) is 54.6 Å². The normalized spacial score (nSPS) is 18.0. The van der Waals surface area contributed by atoms with Crippen LogP contribution in [0, 0.1) is 0 Å². The number of hydrogen-bond donors (Lipinski definition) is 4. The van der Waals surface area contributed by atoms with Gasteiger partial charge in [-0.05, 0) is 49.9 Å². The van der Waals surface area contributed by atoms with Crippen LogP contribution in [0.3, 0.4) is 0 Å². The fourth-order valence-corrected chi connectivity index (χ4v) is 4.78. The van der Waals surface area contributed by atoms with Crippen LogP contribution in [0.4, 0.5) is 18.0 Å². The van der Waals surface area contributed by atoms with E-state index < -0.39 is 48.3 Å². The van der Waals surface area contributed by atoms with Gasteiger partial charge in [-0.3, -0.25) is 19.8 Å². The van der Waals surface area contributed by atoms with E-state index in [4.69, 9.17) is 10.5 Å². The number of ether oxygens (including phenoxy) is 1. The Morgan fingerprint density at radius 2 is 1.68 bits per heavy atom. The highest BCUT2D eigenvalue weighted by Crippen LogP contribution is 2.31. The molecule has 3 amide bonds. The van der Waals surface area contributed by atoms with Gasteiger partial charge in [-0.25, -0.2) is 4.79 Å². The first-order valence-electron chi connectivity index (χ1n) is 13.2. The molecule has 1 aliphatic heterocycles. The largest absolute Gasteiger partial charge is 0.445 e. The van der Waals surface area contributed by atoms with Crippen molar-refractivity contribution >= 4 is 17.9 Å². The zero-order valence-electron chi connectivity index (χ0n) is 22.0. The Hall–Kier alpha value is -3.48. The Kier molecular flexibility index (Phi) is 11.5. The highest BCUT2D eigenvalue weighted by atomic mass is 19.4. The molecule has 2 unspecified atom stereocenters. The van der Waals surface area contributed by atoms with Crippen LogP contribution in [-0.2, 0) is 27.4 Å². The highest BCUT2D eigenvalue weighted by Gasteiger charge is 2.48. The van der Waals surface area contributed by atoms with Gasteiger partial charge in [0.15, 0.2) is 6.10 Å². The van der Waals surface area contributed by atoms with Gasteiger partial charge in [0, 0.05) is 12.5 Å². The zero-order chi connectivity index (χ0) is 29.1. The van der Waals surface area contributed by atoms with Crippen LogP contribution < -0.4 is 16.4 Å². The number of amides is 3. The third-order valence-electron chi connectivity index (χ3n) is 6.78. The number of alkyl halides is 3. The molecule has 4 atom stereocenters. The molecule has 12 heteroatoms. The fraction of sp³-hybridized carbons (Fsp3) is 0.464. The van der Waals surface area contributed by atoms with Gasteiger partial charge >= 0.3 is 12.3 Å². The summed E-state index contributed by atoms with van der Waals surface area (Å²) < 4.78 is 45.5. The number of nitrogens with two attached hydrogens (primary N) is 1. The summed E-state index contributed by atoms with van der Waals surface area (Å²) in [6, 6.07) is 14.1. The number of aliphatic hydroxyl groups is 1. The molecule has 0 aliphatic carbocycles. The average Bonchev–Trinajstić information content (AvgIpc) is 3.42. The van der Waals surface area contributed by atoms with Crippen LogP contribution in [-0.4, -0.2) is 71.4 Å². The van der Waals surface area contributed by atoms with Gasteiger partial charge in [-0.2, -0.15) is 13.2 Å². The topological polar surface area (TPSA) is 134 Å². The molecule has 0 spiro atoms. The summed E-state index contributed by atoms with van der Waals surface area (Å²) >= 11 is 0. The number of rotatable bonds is 12. The number of benzene rings is 2. The first-order chi connectivity index (χ1) is 19.1. The van der Waals surface area contributed by atoms with Gasteiger partial charge < -0.3 is 20.9 Å². The number of hydrogen-bond acceptors (Lipinski definition) is 7. The van der Waals surface area contributed by atoms with Crippen LogP contribution in [0.25, 0.3) is 0 Å². The Balaban J connectivity index is 1.70. The van der Waals surface area contributed by atoms with E-state index in [2.05, 4.69) is 10.6 Å². The molecule has 2 aromatic rings. The third kappa shape index (κ3) is 9.04. The molecule has 0 aromatic heterocycles. The van der Waals surface area contributed by atoms with E-state index in [0.717, 1.165) is 5.56 Å². The van der Waals surface area contributed by atoms with Crippen molar-refractivity contribution in [2.45, 2.75) is 69.1 Å². The molecular weight excluding hydrogens is 529 g/mol. The average molecular weight is 565 g/mol. The second kappa shape index (κ2) is 14.8. The second-order valence-corrected chi connectivity index (χ2v) is 9.68. The molecule has 0 bridgehead atoms. The molecule has 1 heterocycles. The lowest BCUT2D eigenvalue weighted by Gasteiger charge is -2.36. The lowest BCUT2D eigenvalue weighted by atomic mass is 10.0. The molecule has 0 saturated carbocycles. The van der Waals surface area contributed by atoms with Gasteiger partial charge in [0.1, 0.15) is 12.6 Å². The Morgan fingerprint density at radius 3 is 2.27 bits per heavy atom. The Labute approximate surface area is 230 Å². The van der Waals surface area contributed by atoms with Crippen LogP contribution >= 0.6 is 0 Å². The van der Waals surface area contributed by atoms with Gasteiger partial charge in [-0.15, -0.1) is 0 Å². The number of carbonyl (C=O) groups is 3. The van der Waals surface area contributed by atoms with Crippen molar-refractivity contribution in [1.82, 2.24) is 15.5 Å². The number of nitrogens with zero attached hydrogens (tertiary/aromatic N) is 1. The number of nitrogens with one attached hydrogen (secondary N) is 2. The van der Waals surface area contributed by atoms with Crippen LogP contribution in [0.1, 0.15) is 36.8 Å². The van der Waals surface area contributed by atoms with Gasteiger partial charge in [-0.1, -0.05) is 60.7 Å². The van der Waals surface area contributed by atoms with Gasteiger partial charge in [0.25, 0.3) is 0 Å². The van der Waals surface area contributed by atoms with E-state index in [9.17, 15) is 32.7 Å². The summed E-state index contributed by atoms with van der Waals surface area (Å²) in [5, 5.41) is 14.8. The number of alkyl carbamates (subject to hydrolysis) is 1. The van der Waals surface area contributed by atoms with Crippen molar-refractivity contribution < 1.29 is 37.4 Å². The zero-order valence-corrected chi connectivity index (χ0v) is 22.0. The van der Waals surface area contributed by atoms with Crippen LogP contribution in [0.15, 0.2) is 60.7 Å². The molecule has 1 aliphatic rings. The predicted octanol–water partition coefficient (Wildman–Crippen LogP) is 2.66. The highest BCUT2D eigenvalue weighted by molar-refractivity contribution is 6.01. The maximum atomic E-state index is 13.4. The minimum atomic E-state index is -4.89. The van der Waals surface area contributed by atoms with Crippen LogP contribution in [0.5, 0.6) is 0 Å². The monoisotopic (exact) mass is 564 g/mol. The van der Waals surface area contributed by atoms with E-state index in [1.807, 2.05) is 6.07 Å². The minimum absolute atomic E-state index is 0.0337. The Morgan fingerprint density at radius 1 is 1.05 bits per heavy atom. The predicted molar refractivity (Wildman–Crippen MR) is 141 cm³/mol. The molecule has 9 nitrogen and oxygen atoms in total. The minimum Gasteiger partial charge on any atom is -0.445 e. The first kappa shape index (κ1) is 31.1. The quantitative estimate of drug-likeness (QED) is 0.312. The molecule has 1 fully saturated rings. The third-order valence-corrected chi connectivity index (χ3v) is 6.78.